The number of carbonyl (C=O) groups is 1. The lowest BCUT2D eigenvalue weighted by molar-refractivity contribution is -0.120. The third kappa shape index (κ3) is 5.49. The molecule has 0 aliphatic carbocycles. The maximum atomic E-state index is 11.6. The van der Waals surface area contributed by atoms with Gasteiger partial charge in [-0.3, -0.25) is 9.89 Å². The van der Waals surface area contributed by atoms with Crippen LogP contribution in [-0.4, -0.2) is 34.4 Å². The number of nitrogens with zero attached hydrogens (tertiary/aromatic N) is 1. The highest BCUT2D eigenvalue weighted by atomic mass is 16.3. The van der Waals surface area contributed by atoms with Crippen LogP contribution in [0, 0.1) is 5.92 Å². The lowest BCUT2D eigenvalue weighted by Crippen LogP contribution is -2.31. The SMILES string of the molecule is CCCC(CCO)CNC(=O)Cc1ccn[nH]1. The number of carbonyl (C=O) groups excluding carboxylic acids is 1. The second-order valence-corrected chi connectivity index (χ2v) is 4.23. The Morgan fingerprint density at radius 3 is 3.00 bits per heavy atom. The first-order chi connectivity index (χ1) is 8.26. The van der Waals surface area contributed by atoms with Crippen molar-refractivity contribution >= 4 is 5.91 Å². The molecule has 1 aromatic heterocycles. The molecule has 96 valence electrons. The summed E-state index contributed by atoms with van der Waals surface area (Å²) in [5.74, 6) is 0.365. The fourth-order valence-corrected chi connectivity index (χ4v) is 1.82. The summed E-state index contributed by atoms with van der Waals surface area (Å²) in [5, 5.41) is 18.3. The van der Waals surface area contributed by atoms with E-state index in [1.54, 1.807) is 12.3 Å². The van der Waals surface area contributed by atoms with Crippen LogP contribution in [0.1, 0.15) is 31.9 Å². The van der Waals surface area contributed by atoms with Crippen molar-refractivity contribution in [2.75, 3.05) is 13.2 Å². The van der Waals surface area contributed by atoms with Crippen LogP contribution in [0.25, 0.3) is 0 Å². The summed E-state index contributed by atoms with van der Waals surface area (Å²) < 4.78 is 0. The van der Waals surface area contributed by atoms with E-state index in [4.69, 9.17) is 5.11 Å². The third-order valence-electron chi connectivity index (χ3n) is 2.73. The highest BCUT2D eigenvalue weighted by Crippen LogP contribution is 2.09. The molecule has 0 spiro atoms. The van der Waals surface area contributed by atoms with Gasteiger partial charge in [-0.1, -0.05) is 13.3 Å². The normalized spacial score (nSPS) is 12.4. The average molecular weight is 239 g/mol. The minimum Gasteiger partial charge on any atom is -0.396 e. The molecule has 1 unspecified atom stereocenters. The minimum absolute atomic E-state index is 0.00621. The third-order valence-corrected chi connectivity index (χ3v) is 2.73. The molecular formula is C12H21N3O2. The van der Waals surface area contributed by atoms with Crippen LogP contribution in [0.5, 0.6) is 0 Å². The van der Waals surface area contributed by atoms with Gasteiger partial charge in [-0.25, -0.2) is 0 Å². The molecule has 1 aromatic rings. The molecule has 1 amide bonds. The molecule has 17 heavy (non-hydrogen) atoms. The number of amides is 1. The number of aliphatic hydroxyl groups is 1. The molecule has 1 heterocycles. The van der Waals surface area contributed by atoms with Gasteiger partial charge in [0.15, 0.2) is 0 Å². The number of aromatic nitrogens is 2. The predicted octanol–water partition coefficient (Wildman–Crippen LogP) is 0.867. The Bertz CT molecular complexity index is 306. The van der Waals surface area contributed by atoms with E-state index >= 15 is 0 Å². The topological polar surface area (TPSA) is 78.0 Å². The Balaban J connectivity index is 2.25. The van der Waals surface area contributed by atoms with Gasteiger partial charge in [0.05, 0.1) is 6.42 Å². The Morgan fingerprint density at radius 2 is 2.41 bits per heavy atom. The van der Waals surface area contributed by atoms with Gasteiger partial charge in [-0.15, -0.1) is 0 Å². The Morgan fingerprint density at radius 1 is 1.59 bits per heavy atom. The van der Waals surface area contributed by atoms with Crippen LogP contribution in [0.4, 0.5) is 0 Å². The Hall–Kier alpha value is -1.36. The van der Waals surface area contributed by atoms with Crippen LogP contribution in [-0.2, 0) is 11.2 Å². The first kappa shape index (κ1) is 13.7. The van der Waals surface area contributed by atoms with Gasteiger partial charge in [0.2, 0.25) is 5.91 Å². The minimum atomic E-state index is -0.00621. The monoisotopic (exact) mass is 239 g/mol. The van der Waals surface area contributed by atoms with Crippen molar-refractivity contribution in [1.82, 2.24) is 15.5 Å². The van der Waals surface area contributed by atoms with Gasteiger partial charge in [0, 0.05) is 25.0 Å². The lowest BCUT2D eigenvalue weighted by atomic mass is 10.0. The molecule has 0 aromatic carbocycles. The summed E-state index contributed by atoms with van der Waals surface area (Å²) in [6.07, 6.45) is 4.82. The summed E-state index contributed by atoms with van der Waals surface area (Å²) >= 11 is 0. The van der Waals surface area contributed by atoms with Gasteiger partial charge in [0.1, 0.15) is 0 Å². The van der Waals surface area contributed by atoms with Crippen molar-refractivity contribution in [3.05, 3.63) is 18.0 Å². The molecule has 0 aliphatic rings. The zero-order chi connectivity index (χ0) is 12.5. The van der Waals surface area contributed by atoms with Crippen molar-refractivity contribution < 1.29 is 9.90 Å². The predicted molar refractivity (Wildman–Crippen MR) is 65.4 cm³/mol. The van der Waals surface area contributed by atoms with Gasteiger partial charge in [-0.2, -0.15) is 5.10 Å². The second kappa shape index (κ2) is 7.84. The molecule has 1 rings (SSSR count). The lowest BCUT2D eigenvalue weighted by Gasteiger charge is -2.15. The molecule has 0 radical (unpaired) electrons. The van der Waals surface area contributed by atoms with E-state index < -0.39 is 0 Å². The van der Waals surface area contributed by atoms with Crippen molar-refractivity contribution in [3.63, 3.8) is 0 Å². The number of hydrogen-bond acceptors (Lipinski definition) is 3. The molecule has 0 saturated carbocycles. The molecular weight excluding hydrogens is 218 g/mol. The van der Waals surface area contributed by atoms with E-state index in [-0.39, 0.29) is 12.5 Å². The zero-order valence-corrected chi connectivity index (χ0v) is 10.3. The van der Waals surface area contributed by atoms with Crippen molar-refractivity contribution in [2.24, 2.45) is 5.92 Å². The van der Waals surface area contributed by atoms with Crippen molar-refractivity contribution in [1.29, 1.82) is 0 Å². The maximum Gasteiger partial charge on any atom is 0.226 e. The number of aliphatic hydroxyl groups excluding tert-OH is 1. The Labute approximate surface area is 102 Å². The number of H-pyrrole nitrogens is 1. The van der Waals surface area contributed by atoms with E-state index in [0.717, 1.165) is 25.0 Å². The molecule has 0 bridgehead atoms. The molecule has 5 heteroatoms. The van der Waals surface area contributed by atoms with Crippen LogP contribution >= 0.6 is 0 Å². The average Bonchev–Trinajstić information content (AvgIpc) is 2.79. The second-order valence-electron chi connectivity index (χ2n) is 4.23. The fraction of sp³-hybridized carbons (Fsp3) is 0.667. The van der Waals surface area contributed by atoms with E-state index in [1.165, 1.54) is 0 Å². The highest BCUT2D eigenvalue weighted by molar-refractivity contribution is 5.77. The number of hydrogen-bond donors (Lipinski definition) is 3. The zero-order valence-electron chi connectivity index (χ0n) is 10.3. The van der Waals surface area contributed by atoms with Crippen molar-refractivity contribution in [2.45, 2.75) is 32.6 Å². The van der Waals surface area contributed by atoms with E-state index in [1.807, 2.05) is 0 Å². The quantitative estimate of drug-likeness (QED) is 0.630. The smallest absolute Gasteiger partial charge is 0.226 e. The number of aromatic amines is 1. The van der Waals surface area contributed by atoms with Crippen LogP contribution in [0.15, 0.2) is 12.3 Å². The van der Waals surface area contributed by atoms with E-state index in [2.05, 4.69) is 22.4 Å². The van der Waals surface area contributed by atoms with E-state index in [9.17, 15) is 4.79 Å². The molecule has 5 nitrogen and oxygen atoms in total. The van der Waals surface area contributed by atoms with Gasteiger partial charge >= 0.3 is 0 Å². The standard InChI is InChI=1S/C12H21N3O2/c1-2-3-10(5-7-16)9-13-12(17)8-11-4-6-14-15-11/h4,6,10,16H,2-3,5,7-9H2,1H3,(H,13,17)(H,14,15). The fourth-order valence-electron chi connectivity index (χ4n) is 1.82. The first-order valence-electron chi connectivity index (χ1n) is 6.12. The molecule has 0 fully saturated rings. The largest absolute Gasteiger partial charge is 0.396 e. The van der Waals surface area contributed by atoms with Crippen molar-refractivity contribution in [3.8, 4) is 0 Å². The summed E-state index contributed by atoms with van der Waals surface area (Å²) in [5.41, 5.74) is 0.816. The van der Waals surface area contributed by atoms with Gasteiger partial charge in [-0.05, 0) is 24.8 Å². The van der Waals surface area contributed by atoms with Gasteiger partial charge < -0.3 is 10.4 Å². The first-order valence-corrected chi connectivity index (χ1v) is 6.12. The summed E-state index contributed by atoms with van der Waals surface area (Å²) in [4.78, 5) is 11.6. The molecule has 0 saturated heterocycles. The van der Waals surface area contributed by atoms with Crippen LogP contribution in [0.2, 0.25) is 0 Å². The summed E-state index contributed by atoms with van der Waals surface area (Å²) in [7, 11) is 0. The number of nitrogens with one attached hydrogen (secondary N) is 2. The maximum absolute atomic E-state index is 11.6. The number of rotatable bonds is 8. The summed E-state index contributed by atoms with van der Waals surface area (Å²) in [6, 6.07) is 1.79. The Kier molecular flexibility index (Phi) is 6.32. The molecule has 3 N–H and O–H groups in total. The van der Waals surface area contributed by atoms with Crippen LogP contribution < -0.4 is 5.32 Å². The molecule has 0 aliphatic heterocycles. The van der Waals surface area contributed by atoms with Gasteiger partial charge in [0.25, 0.3) is 0 Å². The van der Waals surface area contributed by atoms with E-state index in [0.29, 0.717) is 18.9 Å². The van der Waals surface area contributed by atoms with Crippen LogP contribution in [0.3, 0.4) is 0 Å². The summed E-state index contributed by atoms with van der Waals surface area (Å²) in [6.45, 7) is 2.93. The highest BCUT2D eigenvalue weighted by Gasteiger charge is 2.10. The molecule has 1 atom stereocenters.